The Morgan fingerprint density at radius 2 is 1.33 bits per heavy atom. The topological polar surface area (TPSA) is 63.1 Å². The lowest BCUT2D eigenvalue weighted by Crippen LogP contribution is -2.21. The van der Waals surface area contributed by atoms with Crippen LogP contribution in [0.5, 0.6) is 0 Å². The molecular weight excluding hydrogens is 429 g/mol. The highest BCUT2D eigenvalue weighted by atomic mass is 19.4. The van der Waals surface area contributed by atoms with Gasteiger partial charge in [-0.3, -0.25) is 9.97 Å². The monoisotopic (exact) mass is 446 g/mol. The van der Waals surface area contributed by atoms with Crippen molar-refractivity contribution in [2.45, 2.75) is 6.18 Å². The molecule has 0 aliphatic carbocycles. The summed E-state index contributed by atoms with van der Waals surface area (Å²) in [4.78, 5) is 17.8. The first-order valence-electron chi connectivity index (χ1n) is 9.91. The fourth-order valence-electron chi connectivity index (χ4n) is 3.41. The third kappa shape index (κ3) is 4.98. The van der Waals surface area contributed by atoms with Gasteiger partial charge in [0.15, 0.2) is 0 Å². The highest BCUT2D eigenvalue weighted by molar-refractivity contribution is 6.06. The van der Waals surface area contributed by atoms with Crippen LogP contribution >= 0.6 is 0 Å². The van der Waals surface area contributed by atoms with Gasteiger partial charge in [-0.15, -0.1) is 0 Å². The number of halogens is 3. The highest BCUT2D eigenvalue weighted by Gasteiger charge is 2.38. The number of carboxylic acids is 1. The smallest absolute Gasteiger partial charge is 0.475 e. The quantitative estimate of drug-likeness (QED) is 0.305. The minimum absolute atomic E-state index is 0.996. The molecule has 0 saturated heterocycles. The van der Waals surface area contributed by atoms with E-state index in [9.17, 15) is 13.2 Å². The second-order valence-corrected chi connectivity index (χ2v) is 7.20. The molecule has 0 amide bonds. The predicted molar refractivity (Wildman–Crippen MR) is 122 cm³/mol. The summed E-state index contributed by atoms with van der Waals surface area (Å²) in [5, 5.41) is 10.6. The van der Waals surface area contributed by atoms with Crippen LogP contribution in [0.25, 0.3) is 43.9 Å². The Kier molecular flexibility index (Phi) is 6.04. The third-order valence-electron chi connectivity index (χ3n) is 5.05. The maximum atomic E-state index is 10.6. The minimum atomic E-state index is -5.08. The molecule has 33 heavy (non-hydrogen) atoms. The zero-order valence-electron chi connectivity index (χ0n) is 17.1. The maximum Gasteiger partial charge on any atom is 0.490 e. The molecule has 0 spiro atoms. The molecule has 1 N–H and O–H groups in total. The van der Waals surface area contributed by atoms with Crippen LogP contribution in [0, 0.1) is 0 Å². The van der Waals surface area contributed by atoms with Crippen LogP contribution in [0.2, 0.25) is 0 Å². The number of alkyl halides is 3. The van der Waals surface area contributed by atoms with Crippen molar-refractivity contribution in [1.29, 1.82) is 0 Å². The molecule has 2 aromatic heterocycles. The number of nitrogens with zero attached hydrogens (tertiary/aromatic N) is 2. The first-order chi connectivity index (χ1) is 15.8. The van der Waals surface area contributed by atoms with Crippen molar-refractivity contribution in [2.24, 2.45) is 0 Å². The van der Waals surface area contributed by atoms with Crippen LogP contribution in [0.4, 0.5) is 13.2 Å². The van der Waals surface area contributed by atoms with E-state index in [-0.39, 0.29) is 0 Å². The van der Waals surface area contributed by atoms with Crippen LogP contribution in [-0.2, 0) is 4.79 Å². The van der Waals surface area contributed by atoms with Crippen LogP contribution in [0.1, 0.15) is 0 Å². The fraction of sp³-hybridized carbons (Fsp3) is 0.0385. The predicted octanol–water partition coefficient (Wildman–Crippen LogP) is 6.75. The Balaban J connectivity index is 0.000000325. The van der Waals surface area contributed by atoms with E-state index in [4.69, 9.17) is 9.90 Å². The number of hydrogen-bond donors (Lipinski definition) is 1. The van der Waals surface area contributed by atoms with Gasteiger partial charge in [-0.05, 0) is 40.3 Å². The molecule has 2 heterocycles. The van der Waals surface area contributed by atoms with E-state index in [1.807, 2.05) is 30.7 Å². The SMILES string of the molecule is O=C(O)C(F)(F)F.c1ccc(-c2ccc(-c3cnc4ccc5ccncc5c4c3)cc2)cc1. The highest BCUT2D eigenvalue weighted by Crippen LogP contribution is 2.29. The van der Waals surface area contributed by atoms with Crippen molar-refractivity contribution < 1.29 is 23.1 Å². The fourth-order valence-corrected chi connectivity index (χ4v) is 3.41. The summed E-state index contributed by atoms with van der Waals surface area (Å²) >= 11 is 0. The first kappa shape index (κ1) is 22.0. The van der Waals surface area contributed by atoms with Crippen molar-refractivity contribution in [2.75, 3.05) is 0 Å². The standard InChI is InChI=1S/C24H16N2.C2HF3O2/c1-2-4-17(5-3-1)18-6-8-19(9-7-18)21-14-22-23-16-25-13-12-20(23)10-11-24(22)26-15-21;3-2(4,5)1(6)7/h1-16H;(H,6,7). The molecule has 0 bridgehead atoms. The number of aromatic nitrogens is 2. The number of hydrogen-bond acceptors (Lipinski definition) is 3. The molecule has 3 aromatic carbocycles. The summed E-state index contributed by atoms with van der Waals surface area (Å²) < 4.78 is 31.7. The van der Waals surface area contributed by atoms with Crippen molar-refractivity contribution in [3.05, 3.63) is 97.5 Å². The average molecular weight is 446 g/mol. The zero-order valence-corrected chi connectivity index (χ0v) is 17.1. The van der Waals surface area contributed by atoms with Gasteiger partial charge in [0.1, 0.15) is 0 Å². The largest absolute Gasteiger partial charge is 0.490 e. The number of benzene rings is 3. The molecule has 0 aliphatic rings. The number of pyridine rings is 2. The van der Waals surface area contributed by atoms with Gasteiger partial charge in [-0.25, -0.2) is 4.79 Å². The van der Waals surface area contributed by atoms with Crippen molar-refractivity contribution >= 4 is 27.6 Å². The van der Waals surface area contributed by atoms with Crippen LogP contribution in [-0.4, -0.2) is 27.2 Å². The summed E-state index contributed by atoms with van der Waals surface area (Å²) in [6, 6.07) is 27.5. The Hall–Kier alpha value is -4.26. The van der Waals surface area contributed by atoms with E-state index < -0.39 is 12.1 Å². The Bertz CT molecular complexity index is 1420. The van der Waals surface area contributed by atoms with E-state index >= 15 is 0 Å². The van der Waals surface area contributed by atoms with E-state index in [2.05, 4.69) is 76.7 Å². The summed E-state index contributed by atoms with van der Waals surface area (Å²) in [5.41, 5.74) is 5.73. The molecule has 0 radical (unpaired) electrons. The number of fused-ring (bicyclic) bond motifs is 3. The van der Waals surface area contributed by atoms with Crippen molar-refractivity contribution in [1.82, 2.24) is 9.97 Å². The Morgan fingerprint density at radius 3 is 1.97 bits per heavy atom. The van der Waals surface area contributed by atoms with Crippen molar-refractivity contribution in [3.63, 3.8) is 0 Å². The number of aliphatic carboxylic acids is 1. The van der Waals surface area contributed by atoms with Crippen LogP contribution in [0.15, 0.2) is 97.5 Å². The summed E-state index contributed by atoms with van der Waals surface area (Å²) in [6.45, 7) is 0. The number of rotatable bonds is 2. The molecule has 5 aromatic rings. The molecule has 4 nitrogen and oxygen atoms in total. The molecule has 0 fully saturated rings. The number of carboxylic acid groups (broad SMARTS) is 1. The van der Waals surface area contributed by atoms with Gasteiger partial charge in [0.2, 0.25) is 0 Å². The second-order valence-electron chi connectivity index (χ2n) is 7.20. The molecule has 5 rings (SSSR count). The molecule has 0 unspecified atom stereocenters. The minimum Gasteiger partial charge on any atom is -0.475 e. The molecular formula is C26H17F3N2O2. The third-order valence-corrected chi connectivity index (χ3v) is 5.05. The van der Waals surface area contributed by atoms with Crippen LogP contribution < -0.4 is 0 Å². The lowest BCUT2D eigenvalue weighted by atomic mass is 9.99. The summed E-state index contributed by atoms with van der Waals surface area (Å²) in [7, 11) is 0. The van der Waals surface area contributed by atoms with Gasteiger partial charge in [0.25, 0.3) is 0 Å². The maximum absolute atomic E-state index is 10.6. The van der Waals surface area contributed by atoms with Gasteiger partial charge in [-0.1, -0.05) is 60.7 Å². The van der Waals surface area contributed by atoms with E-state index in [0.717, 1.165) is 21.9 Å². The summed E-state index contributed by atoms with van der Waals surface area (Å²) in [6.07, 6.45) is 0.609. The molecule has 7 heteroatoms. The average Bonchev–Trinajstić information content (AvgIpc) is 2.84. The Morgan fingerprint density at radius 1 is 0.727 bits per heavy atom. The van der Waals surface area contributed by atoms with Gasteiger partial charge < -0.3 is 5.11 Å². The van der Waals surface area contributed by atoms with E-state index in [1.54, 1.807) is 0 Å². The normalized spacial score (nSPS) is 11.1. The first-order valence-corrected chi connectivity index (χ1v) is 9.91. The van der Waals surface area contributed by atoms with Gasteiger partial charge >= 0.3 is 12.1 Å². The second kappa shape index (κ2) is 9.08. The van der Waals surface area contributed by atoms with E-state index in [0.29, 0.717) is 0 Å². The molecule has 164 valence electrons. The lowest BCUT2D eigenvalue weighted by molar-refractivity contribution is -0.192. The lowest BCUT2D eigenvalue weighted by Gasteiger charge is -2.08. The van der Waals surface area contributed by atoms with Crippen molar-refractivity contribution in [3.8, 4) is 22.3 Å². The van der Waals surface area contributed by atoms with Gasteiger partial charge in [0, 0.05) is 34.9 Å². The zero-order chi connectivity index (χ0) is 23.4. The Labute approximate surface area is 187 Å². The van der Waals surface area contributed by atoms with E-state index in [1.165, 1.54) is 22.1 Å². The molecule has 0 saturated carbocycles. The van der Waals surface area contributed by atoms with Crippen LogP contribution in [0.3, 0.4) is 0 Å². The molecule has 0 atom stereocenters. The number of carbonyl (C=O) groups is 1. The van der Waals surface area contributed by atoms with Gasteiger partial charge in [0.05, 0.1) is 5.52 Å². The summed E-state index contributed by atoms with van der Waals surface area (Å²) in [5.74, 6) is -2.76. The van der Waals surface area contributed by atoms with Gasteiger partial charge in [-0.2, -0.15) is 13.2 Å². The molecule has 0 aliphatic heterocycles.